The van der Waals surface area contributed by atoms with Gasteiger partial charge in [-0.3, -0.25) is 0 Å². The van der Waals surface area contributed by atoms with E-state index in [4.69, 9.17) is 0 Å². The van der Waals surface area contributed by atoms with Gasteiger partial charge in [-0.1, -0.05) is 31.2 Å². The Morgan fingerprint density at radius 1 is 1.20 bits per heavy atom. The highest BCUT2D eigenvalue weighted by Crippen LogP contribution is 2.62. The lowest BCUT2D eigenvalue weighted by Gasteiger charge is -2.50. The fraction of sp³-hybridized carbons (Fsp3) is 0.385. The molecule has 0 amide bonds. The van der Waals surface area contributed by atoms with Crippen molar-refractivity contribution in [3.05, 3.63) is 71.6 Å². The standard InChI is InChI=1S/C26H26N2O2/c1-26-13-12-19-18-8-7-17(25(29)30)14-16(18)6-9-20(19)21(26)10-11-24(26)28-15-27-22-4-2-3-5-23(22)28/h2-5,7-8,11,14-15,19-21H,6,9-10,12-13H2,1H3,(H,29,30). The molecule has 1 fully saturated rings. The summed E-state index contributed by atoms with van der Waals surface area (Å²) in [6.45, 7) is 2.46. The lowest BCUT2D eigenvalue weighted by Crippen LogP contribution is -2.41. The Morgan fingerprint density at radius 3 is 2.93 bits per heavy atom. The summed E-state index contributed by atoms with van der Waals surface area (Å²) < 4.78 is 2.32. The number of hydrogen-bond acceptors (Lipinski definition) is 2. The molecule has 0 spiro atoms. The molecule has 0 radical (unpaired) electrons. The molecule has 2 aromatic carbocycles. The molecule has 0 aliphatic heterocycles. The molecule has 0 saturated heterocycles. The third-order valence-electron chi connectivity index (χ3n) is 8.23. The van der Waals surface area contributed by atoms with Gasteiger partial charge >= 0.3 is 5.97 Å². The van der Waals surface area contributed by atoms with Gasteiger partial charge in [-0.15, -0.1) is 0 Å². The Morgan fingerprint density at radius 2 is 2.07 bits per heavy atom. The van der Waals surface area contributed by atoms with Crippen LogP contribution in [0.1, 0.15) is 60.0 Å². The number of carbonyl (C=O) groups is 1. The Kier molecular flexibility index (Phi) is 3.77. The number of imidazole rings is 1. The second-order valence-electron chi connectivity index (χ2n) is 9.52. The van der Waals surface area contributed by atoms with Gasteiger partial charge in [-0.2, -0.15) is 0 Å². The average molecular weight is 399 g/mol. The molecule has 1 saturated carbocycles. The minimum atomic E-state index is -0.826. The number of aryl methyl sites for hydroxylation is 1. The van der Waals surface area contributed by atoms with E-state index in [0.717, 1.165) is 31.2 Å². The van der Waals surface area contributed by atoms with Crippen LogP contribution < -0.4 is 0 Å². The zero-order valence-electron chi connectivity index (χ0n) is 17.2. The first-order chi connectivity index (χ1) is 14.6. The SMILES string of the molecule is CC12CCC3c4ccc(C(=O)O)cc4CCC3C1CC=C2n1cnc2ccccc21. The number of carboxylic acids is 1. The number of nitrogens with zero attached hydrogens (tertiary/aromatic N) is 2. The van der Waals surface area contributed by atoms with E-state index in [9.17, 15) is 9.90 Å². The first kappa shape index (κ1) is 17.9. The number of para-hydroxylation sites is 2. The molecule has 1 N–H and O–H groups in total. The van der Waals surface area contributed by atoms with Crippen molar-refractivity contribution in [2.45, 2.75) is 44.9 Å². The highest BCUT2D eigenvalue weighted by atomic mass is 16.4. The Hall–Kier alpha value is -2.88. The highest BCUT2D eigenvalue weighted by Gasteiger charge is 2.52. The summed E-state index contributed by atoms with van der Waals surface area (Å²) >= 11 is 0. The molecule has 4 heteroatoms. The summed E-state index contributed by atoms with van der Waals surface area (Å²) in [5.41, 5.74) is 6.92. The normalized spacial score (nSPS) is 29.8. The van der Waals surface area contributed by atoms with Gasteiger partial charge < -0.3 is 9.67 Å². The predicted molar refractivity (Wildman–Crippen MR) is 117 cm³/mol. The third-order valence-corrected chi connectivity index (χ3v) is 8.23. The molecule has 3 aromatic rings. The molecule has 30 heavy (non-hydrogen) atoms. The number of fused-ring (bicyclic) bond motifs is 6. The van der Waals surface area contributed by atoms with Gasteiger partial charge in [0.25, 0.3) is 0 Å². The molecule has 152 valence electrons. The first-order valence-electron chi connectivity index (χ1n) is 11.1. The van der Waals surface area contributed by atoms with E-state index in [1.165, 1.54) is 28.8 Å². The zero-order chi connectivity index (χ0) is 20.5. The van der Waals surface area contributed by atoms with Crippen molar-refractivity contribution in [3.63, 3.8) is 0 Å². The summed E-state index contributed by atoms with van der Waals surface area (Å²) in [5, 5.41) is 9.36. The Bertz CT molecular complexity index is 1210. The monoisotopic (exact) mass is 398 g/mol. The minimum Gasteiger partial charge on any atom is -0.478 e. The van der Waals surface area contributed by atoms with E-state index in [1.54, 1.807) is 6.07 Å². The average Bonchev–Trinajstić information content (AvgIpc) is 3.33. The van der Waals surface area contributed by atoms with E-state index in [2.05, 4.69) is 46.8 Å². The Labute approximate surface area is 176 Å². The van der Waals surface area contributed by atoms with E-state index >= 15 is 0 Å². The van der Waals surface area contributed by atoms with Crippen molar-refractivity contribution in [2.24, 2.45) is 17.3 Å². The number of hydrogen-bond donors (Lipinski definition) is 1. The van der Waals surface area contributed by atoms with Crippen molar-refractivity contribution in [1.29, 1.82) is 0 Å². The van der Waals surface area contributed by atoms with Crippen LogP contribution in [0.3, 0.4) is 0 Å². The second-order valence-corrected chi connectivity index (χ2v) is 9.52. The largest absolute Gasteiger partial charge is 0.478 e. The van der Waals surface area contributed by atoms with Gasteiger partial charge in [0.1, 0.15) is 6.33 Å². The molecule has 1 aromatic heterocycles. The van der Waals surface area contributed by atoms with Crippen LogP contribution >= 0.6 is 0 Å². The van der Waals surface area contributed by atoms with Gasteiger partial charge in [0.05, 0.1) is 16.6 Å². The summed E-state index contributed by atoms with van der Waals surface area (Å²) in [5.74, 6) is 1.03. The topological polar surface area (TPSA) is 55.1 Å². The van der Waals surface area contributed by atoms with Gasteiger partial charge in [-0.05, 0) is 85.3 Å². The van der Waals surface area contributed by atoms with Crippen LogP contribution in [0.25, 0.3) is 16.7 Å². The Balaban J connectivity index is 1.35. The summed E-state index contributed by atoms with van der Waals surface area (Å²) in [6, 6.07) is 14.2. The predicted octanol–water partition coefficient (Wildman–Crippen LogP) is 5.74. The van der Waals surface area contributed by atoms with E-state index in [-0.39, 0.29) is 5.41 Å². The number of aromatic carboxylic acids is 1. The zero-order valence-corrected chi connectivity index (χ0v) is 17.2. The van der Waals surface area contributed by atoms with Crippen molar-refractivity contribution in [2.75, 3.05) is 0 Å². The molecule has 6 rings (SSSR count). The molecule has 4 nitrogen and oxygen atoms in total. The molecule has 0 bridgehead atoms. The number of benzene rings is 2. The van der Waals surface area contributed by atoms with Crippen molar-refractivity contribution in [3.8, 4) is 0 Å². The molecule has 4 atom stereocenters. The fourth-order valence-electron chi connectivity index (χ4n) is 6.78. The van der Waals surface area contributed by atoms with Gasteiger partial charge in [-0.25, -0.2) is 9.78 Å². The number of allylic oxidation sites excluding steroid dienone is 2. The molecule has 3 aliphatic carbocycles. The lowest BCUT2D eigenvalue weighted by molar-refractivity contribution is 0.0696. The summed E-state index contributed by atoms with van der Waals surface area (Å²) in [6.07, 6.45) is 10.1. The van der Waals surface area contributed by atoms with Crippen LogP contribution in [0.15, 0.2) is 54.9 Å². The first-order valence-corrected chi connectivity index (χ1v) is 11.1. The van der Waals surface area contributed by atoms with Gasteiger partial charge in [0.15, 0.2) is 0 Å². The van der Waals surface area contributed by atoms with Crippen LogP contribution in [0.4, 0.5) is 0 Å². The van der Waals surface area contributed by atoms with E-state index in [0.29, 0.717) is 23.3 Å². The van der Waals surface area contributed by atoms with Crippen LogP contribution in [0.2, 0.25) is 0 Å². The minimum absolute atomic E-state index is 0.170. The molecular weight excluding hydrogens is 372 g/mol. The van der Waals surface area contributed by atoms with Crippen molar-refractivity contribution >= 4 is 22.7 Å². The number of aromatic nitrogens is 2. The van der Waals surface area contributed by atoms with Crippen LogP contribution in [-0.2, 0) is 6.42 Å². The number of rotatable bonds is 2. The molecular formula is C26H26N2O2. The van der Waals surface area contributed by atoms with Gasteiger partial charge in [0.2, 0.25) is 0 Å². The van der Waals surface area contributed by atoms with Crippen LogP contribution in [0, 0.1) is 17.3 Å². The third kappa shape index (κ3) is 2.39. The maximum Gasteiger partial charge on any atom is 0.335 e. The second kappa shape index (κ2) is 6.31. The maximum atomic E-state index is 11.4. The molecule has 1 heterocycles. The van der Waals surface area contributed by atoms with E-state index in [1.807, 2.05) is 18.5 Å². The lowest BCUT2D eigenvalue weighted by atomic mass is 9.55. The molecule has 3 aliphatic rings. The summed E-state index contributed by atoms with van der Waals surface area (Å²) in [7, 11) is 0. The van der Waals surface area contributed by atoms with E-state index < -0.39 is 5.97 Å². The fourth-order valence-corrected chi connectivity index (χ4v) is 6.78. The maximum absolute atomic E-state index is 11.4. The van der Waals surface area contributed by atoms with Crippen LogP contribution in [-0.4, -0.2) is 20.6 Å². The molecule has 4 unspecified atom stereocenters. The summed E-state index contributed by atoms with van der Waals surface area (Å²) in [4.78, 5) is 16.0. The number of carboxylic acid groups (broad SMARTS) is 1. The van der Waals surface area contributed by atoms with Gasteiger partial charge in [0, 0.05) is 11.1 Å². The smallest absolute Gasteiger partial charge is 0.335 e. The highest BCUT2D eigenvalue weighted by molar-refractivity contribution is 5.88. The van der Waals surface area contributed by atoms with Crippen molar-refractivity contribution in [1.82, 2.24) is 9.55 Å². The van der Waals surface area contributed by atoms with Crippen LogP contribution in [0.5, 0.6) is 0 Å². The quantitative estimate of drug-likeness (QED) is 0.599. The van der Waals surface area contributed by atoms with Crippen molar-refractivity contribution < 1.29 is 9.90 Å².